The summed E-state index contributed by atoms with van der Waals surface area (Å²) in [7, 11) is 0. The number of ketones is 1. The van der Waals surface area contributed by atoms with Gasteiger partial charge >= 0.3 is 0 Å². The van der Waals surface area contributed by atoms with Crippen LogP contribution in [0.2, 0.25) is 0 Å². The molecule has 10 N–H and O–H groups in total. The van der Waals surface area contributed by atoms with Crippen molar-refractivity contribution in [2.75, 3.05) is 13.2 Å². The van der Waals surface area contributed by atoms with Crippen molar-refractivity contribution in [2.24, 2.45) is 0 Å². The van der Waals surface area contributed by atoms with Gasteiger partial charge in [0, 0.05) is 6.07 Å². The van der Waals surface area contributed by atoms with Crippen molar-refractivity contribution in [3.05, 3.63) is 41.0 Å². The number of rotatable bonds is 5. The number of aliphatic hydroxyl groups is 6. The molecule has 0 bridgehead atoms. The van der Waals surface area contributed by atoms with E-state index in [4.69, 9.17) is 18.9 Å². The monoisotopic (exact) mass is 582 g/mol. The van der Waals surface area contributed by atoms with Gasteiger partial charge in [0.1, 0.15) is 77.7 Å². The number of ether oxygens (including phenoxy) is 4. The van der Waals surface area contributed by atoms with Gasteiger partial charge in [-0.1, -0.05) is 6.07 Å². The van der Waals surface area contributed by atoms with Crippen LogP contribution in [-0.2, 0) is 14.2 Å². The lowest BCUT2D eigenvalue weighted by Crippen LogP contribution is -2.60. The number of benzene rings is 2. The number of aromatic hydroxyl groups is 4. The second kappa shape index (κ2) is 11.2. The van der Waals surface area contributed by atoms with E-state index in [1.807, 2.05) is 0 Å². The largest absolute Gasteiger partial charge is 0.507 e. The molecule has 224 valence electrons. The van der Waals surface area contributed by atoms with E-state index < -0.39 is 109 Å². The van der Waals surface area contributed by atoms with Gasteiger partial charge < -0.3 is 70.0 Å². The molecule has 2 saturated heterocycles. The molecular formula is C26H30O15. The van der Waals surface area contributed by atoms with Crippen LogP contribution in [0.5, 0.6) is 28.7 Å². The highest BCUT2D eigenvalue weighted by Gasteiger charge is 2.51. The molecule has 2 aromatic rings. The smallest absolute Gasteiger partial charge is 0.186 e. The fourth-order valence-electron chi connectivity index (χ4n) is 5.22. The number of phenols is 4. The van der Waals surface area contributed by atoms with E-state index in [9.17, 15) is 55.9 Å². The van der Waals surface area contributed by atoms with E-state index >= 15 is 0 Å². The Balaban J connectivity index is 1.59. The fourth-order valence-corrected chi connectivity index (χ4v) is 5.22. The topological polar surface area (TPSA) is 256 Å². The maximum atomic E-state index is 13.2. The van der Waals surface area contributed by atoms with E-state index in [-0.39, 0.29) is 23.1 Å². The first-order valence-electron chi connectivity index (χ1n) is 12.7. The van der Waals surface area contributed by atoms with Crippen LogP contribution < -0.4 is 4.74 Å². The molecule has 0 amide bonds. The lowest BCUT2D eigenvalue weighted by atomic mass is 9.86. The Kier molecular flexibility index (Phi) is 7.99. The van der Waals surface area contributed by atoms with Crippen molar-refractivity contribution in [2.45, 2.75) is 67.6 Å². The predicted octanol–water partition coefficient (Wildman–Crippen LogP) is -1.81. The van der Waals surface area contributed by atoms with E-state index in [1.165, 1.54) is 12.1 Å². The van der Waals surface area contributed by atoms with Gasteiger partial charge in [0.2, 0.25) is 0 Å². The van der Waals surface area contributed by atoms with E-state index in [0.29, 0.717) is 0 Å². The van der Waals surface area contributed by atoms with Gasteiger partial charge in [-0.15, -0.1) is 0 Å². The van der Waals surface area contributed by atoms with Gasteiger partial charge in [-0.2, -0.15) is 0 Å². The Morgan fingerprint density at radius 3 is 2.27 bits per heavy atom. The van der Waals surface area contributed by atoms with E-state index in [2.05, 4.69) is 0 Å². The summed E-state index contributed by atoms with van der Waals surface area (Å²) in [6.07, 6.45) is -16.4. The molecule has 5 rings (SSSR count). The van der Waals surface area contributed by atoms with Crippen LogP contribution >= 0.6 is 0 Å². The van der Waals surface area contributed by atoms with Crippen molar-refractivity contribution < 1.29 is 74.8 Å². The molecule has 2 fully saturated rings. The predicted molar refractivity (Wildman–Crippen MR) is 131 cm³/mol. The number of phenolic OH excluding ortho intramolecular Hbond substituents is 4. The third-order valence-electron chi connectivity index (χ3n) is 7.46. The molecule has 0 radical (unpaired) electrons. The zero-order chi connectivity index (χ0) is 29.7. The maximum Gasteiger partial charge on any atom is 0.186 e. The first-order chi connectivity index (χ1) is 19.4. The second-order valence-electron chi connectivity index (χ2n) is 10.1. The molecule has 0 aromatic heterocycles. The minimum Gasteiger partial charge on any atom is -0.507 e. The molecule has 3 aliphatic heterocycles. The lowest BCUT2D eigenvalue weighted by molar-refractivity contribution is -0.325. The van der Waals surface area contributed by atoms with E-state index in [0.717, 1.165) is 12.1 Å². The molecular weight excluding hydrogens is 552 g/mol. The third kappa shape index (κ3) is 5.16. The number of hydrogen-bond donors (Lipinski definition) is 10. The first-order valence-corrected chi connectivity index (χ1v) is 12.7. The average molecular weight is 583 g/mol. The fraction of sp³-hybridized carbons (Fsp3) is 0.500. The van der Waals surface area contributed by atoms with Gasteiger partial charge in [-0.05, 0) is 17.7 Å². The highest BCUT2D eigenvalue weighted by atomic mass is 16.7. The Bertz CT molecular complexity index is 1300. The van der Waals surface area contributed by atoms with Crippen LogP contribution in [-0.4, -0.2) is 119 Å². The molecule has 10 unspecified atom stereocenters. The first kappa shape index (κ1) is 29.2. The Morgan fingerprint density at radius 1 is 0.854 bits per heavy atom. The van der Waals surface area contributed by atoms with Crippen molar-refractivity contribution in [1.82, 2.24) is 0 Å². The molecule has 10 atom stereocenters. The zero-order valence-electron chi connectivity index (χ0n) is 21.2. The molecule has 0 spiro atoms. The summed E-state index contributed by atoms with van der Waals surface area (Å²) in [5, 5.41) is 103. The summed E-state index contributed by atoms with van der Waals surface area (Å²) in [5.41, 5.74) is -0.437. The quantitative estimate of drug-likeness (QED) is 0.174. The summed E-state index contributed by atoms with van der Waals surface area (Å²) in [5.74, 6) is -3.28. The highest BCUT2D eigenvalue weighted by Crippen LogP contribution is 2.51. The molecule has 3 heterocycles. The number of hydrogen-bond acceptors (Lipinski definition) is 15. The van der Waals surface area contributed by atoms with Crippen molar-refractivity contribution >= 4 is 5.78 Å². The normalized spacial score (nSPS) is 35.5. The second-order valence-corrected chi connectivity index (χ2v) is 10.1. The molecule has 15 heteroatoms. The Hall–Kier alpha value is -3.25. The van der Waals surface area contributed by atoms with Gasteiger partial charge in [0.25, 0.3) is 0 Å². The summed E-state index contributed by atoms with van der Waals surface area (Å²) in [4.78, 5) is 13.2. The van der Waals surface area contributed by atoms with Crippen LogP contribution in [0.25, 0.3) is 0 Å². The number of aliphatic hydroxyl groups excluding tert-OH is 6. The number of Topliss-reactive ketones (excluding diaryl/α,β-unsaturated/α-hetero) is 1. The minimum absolute atomic E-state index is 0.250. The summed E-state index contributed by atoms with van der Waals surface area (Å²) in [6, 6.07) is 4.55. The summed E-state index contributed by atoms with van der Waals surface area (Å²) < 4.78 is 22.8. The molecule has 41 heavy (non-hydrogen) atoms. The SMILES string of the molecule is O=C1CC(c2ccc(O)c(O)c2)Oc2c1c(O)cc(O)c2C1OC(CO)C(O)C(O)C1OC1OCC(O)C(O)C1O. The van der Waals surface area contributed by atoms with Gasteiger partial charge in [0.15, 0.2) is 23.6 Å². The third-order valence-corrected chi connectivity index (χ3v) is 7.46. The zero-order valence-corrected chi connectivity index (χ0v) is 21.2. The van der Waals surface area contributed by atoms with Gasteiger partial charge in [-0.3, -0.25) is 4.79 Å². The van der Waals surface area contributed by atoms with Crippen molar-refractivity contribution in [3.8, 4) is 28.7 Å². The minimum atomic E-state index is -1.86. The van der Waals surface area contributed by atoms with Crippen molar-refractivity contribution in [1.29, 1.82) is 0 Å². The Labute approximate surface area is 231 Å². The van der Waals surface area contributed by atoms with Crippen molar-refractivity contribution in [3.63, 3.8) is 0 Å². The molecule has 2 aromatic carbocycles. The standard InChI is InChI=1S/C26H30O15/c27-6-16-20(35)21(36)25(41-26-22(37)19(34)14(33)7-38-26)24(40-16)18-12(31)4-11(30)17-13(32)5-15(39-23(17)18)8-1-2-9(28)10(29)3-8/h1-4,14-16,19-22,24-31,33-37H,5-7H2. The van der Waals surface area contributed by atoms with Gasteiger partial charge in [0.05, 0.1) is 25.2 Å². The molecule has 0 saturated carbocycles. The summed E-state index contributed by atoms with van der Waals surface area (Å²) in [6.45, 7) is -1.26. The number of fused-ring (bicyclic) bond motifs is 1. The van der Waals surface area contributed by atoms with Crippen LogP contribution in [0.1, 0.15) is 40.1 Å². The highest BCUT2D eigenvalue weighted by molar-refractivity contribution is 6.03. The Morgan fingerprint density at radius 2 is 1.59 bits per heavy atom. The maximum absolute atomic E-state index is 13.2. The lowest BCUT2D eigenvalue weighted by Gasteiger charge is -2.45. The van der Waals surface area contributed by atoms with Crippen LogP contribution in [0, 0.1) is 0 Å². The van der Waals surface area contributed by atoms with Crippen LogP contribution in [0.4, 0.5) is 0 Å². The molecule has 0 aliphatic carbocycles. The number of carbonyl (C=O) groups is 1. The van der Waals surface area contributed by atoms with Crippen LogP contribution in [0.15, 0.2) is 24.3 Å². The van der Waals surface area contributed by atoms with Gasteiger partial charge in [-0.25, -0.2) is 0 Å². The molecule has 3 aliphatic rings. The van der Waals surface area contributed by atoms with E-state index in [1.54, 1.807) is 0 Å². The summed E-state index contributed by atoms with van der Waals surface area (Å²) >= 11 is 0. The average Bonchev–Trinajstić information content (AvgIpc) is 2.93. The van der Waals surface area contributed by atoms with Crippen LogP contribution in [0.3, 0.4) is 0 Å². The molecule has 15 nitrogen and oxygen atoms in total. The number of carbonyl (C=O) groups excluding carboxylic acids is 1.